The summed E-state index contributed by atoms with van der Waals surface area (Å²) in [6, 6.07) is 12.6. The summed E-state index contributed by atoms with van der Waals surface area (Å²) in [7, 11) is 0. The van der Waals surface area contributed by atoms with Crippen LogP contribution in [-0.2, 0) is 4.79 Å². The Morgan fingerprint density at radius 2 is 1.91 bits per heavy atom. The fourth-order valence-corrected chi connectivity index (χ4v) is 5.32. The molecule has 1 amide bonds. The molecule has 1 aliphatic rings. The summed E-state index contributed by atoms with van der Waals surface area (Å²) in [5.74, 6) is 0.0667. The van der Waals surface area contributed by atoms with Crippen LogP contribution in [0.3, 0.4) is 0 Å². The van der Waals surface area contributed by atoms with Crippen molar-refractivity contribution in [2.24, 2.45) is 0 Å². The Hall–Kier alpha value is -3.04. The van der Waals surface area contributed by atoms with Gasteiger partial charge in [-0.2, -0.15) is 0 Å². The maximum absolute atomic E-state index is 12.5. The summed E-state index contributed by atoms with van der Waals surface area (Å²) in [6.07, 6.45) is 3.14. The van der Waals surface area contributed by atoms with Gasteiger partial charge < -0.3 is 15.3 Å². The van der Waals surface area contributed by atoms with Gasteiger partial charge in [-0.1, -0.05) is 35.5 Å². The van der Waals surface area contributed by atoms with E-state index in [0.717, 1.165) is 36.7 Å². The van der Waals surface area contributed by atoms with Crippen LogP contribution in [0, 0.1) is 0 Å². The van der Waals surface area contributed by atoms with Crippen molar-refractivity contribution in [1.29, 1.82) is 0 Å². The molecule has 0 atom stereocenters. The summed E-state index contributed by atoms with van der Waals surface area (Å²) in [4.78, 5) is 47.2. The minimum Gasteiger partial charge on any atom is -0.353 e. The lowest BCUT2D eigenvalue weighted by molar-refractivity contribution is -0.119. The molecule has 0 bridgehead atoms. The van der Waals surface area contributed by atoms with Crippen molar-refractivity contribution >= 4 is 51.2 Å². The minimum atomic E-state index is -0.212. The molecule has 2 heterocycles. The predicted octanol–water partition coefficient (Wildman–Crippen LogP) is 3.61. The summed E-state index contributed by atoms with van der Waals surface area (Å²) in [5.41, 5.74) is 1.85. The molecule has 2 aromatic heterocycles. The van der Waals surface area contributed by atoms with E-state index >= 15 is 0 Å². The van der Waals surface area contributed by atoms with Gasteiger partial charge in [0.25, 0.3) is 5.56 Å². The number of rotatable bonds is 5. The first-order valence-corrected chi connectivity index (χ1v) is 12.2. The van der Waals surface area contributed by atoms with Crippen LogP contribution < -0.4 is 16.6 Å². The largest absolute Gasteiger partial charge is 0.353 e. The normalized spacial score (nSPS) is 18.6. The second-order valence-electron chi connectivity index (χ2n) is 8.21. The number of para-hydroxylation sites is 1. The Morgan fingerprint density at radius 1 is 1.12 bits per heavy atom. The number of aromatic nitrogens is 4. The van der Waals surface area contributed by atoms with Gasteiger partial charge in [-0.05, 0) is 56.0 Å². The van der Waals surface area contributed by atoms with Gasteiger partial charge in [0.1, 0.15) is 0 Å². The van der Waals surface area contributed by atoms with Crippen LogP contribution in [0.1, 0.15) is 31.7 Å². The number of halogens is 1. The van der Waals surface area contributed by atoms with Gasteiger partial charge in [0.05, 0.1) is 27.7 Å². The van der Waals surface area contributed by atoms with Gasteiger partial charge in [0.15, 0.2) is 5.16 Å². The summed E-state index contributed by atoms with van der Waals surface area (Å²) < 4.78 is 1.79. The van der Waals surface area contributed by atoms with Gasteiger partial charge in [0, 0.05) is 17.1 Å². The first kappa shape index (κ1) is 21.8. The molecule has 0 aliphatic heterocycles. The Bertz CT molecular complexity index is 1450. The number of nitrogens with zero attached hydrogens (tertiary/aromatic N) is 2. The number of hydrogen-bond donors (Lipinski definition) is 3. The average molecular weight is 484 g/mol. The van der Waals surface area contributed by atoms with Gasteiger partial charge in [-0.25, -0.2) is 9.78 Å². The highest BCUT2D eigenvalue weighted by atomic mass is 35.5. The highest BCUT2D eigenvalue weighted by molar-refractivity contribution is 7.99. The molecule has 5 rings (SSSR count). The molecule has 170 valence electrons. The van der Waals surface area contributed by atoms with E-state index in [1.807, 2.05) is 18.2 Å². The highest BCUT2D eigenvalue weighted by Gasteiger charge is 2.26. The van der Waals surface area contributed by atoms with Gasteiger partial charge in [-0.15, -0.1) is 0 Å². The van der Waals surface area contributed by atoms with Gasteiger partial charge >= 0.3 is 5.69 Å². The predicted molar refractivity (Wildman–Crippen MR) is 130 cm³/mol. The number of imidazole rings is 1. The summed E-state index contributed by atoms with van der Waals surface area (Å²) in [5, 5.41) is 4.62. The zero-order chi connectivity index (χ0) is 22.9. The highest BCUT2D eigenvalue weighted by Crippen LogP contribution is 2.30. The van der Waals surface area contributed by atoms with Crippen LogP contribution in [0.2, 0.25) is 5.02 Å². The third kappa shape index (κ3) is 4.56. The zero-order valence-corrected chi connectivity index (χ0v) is 19.2. The Kier molecular flexibility index (Phi) is 5.99. The van der Waals surface area contributed by atoms with E-state index in [1.165, 1.54) is 11.8 Å². The molecule has 1 aliphatic carbocycles. The Morgan fingerprint density at radius 3 is 2.73 bits per heavy atom. The van der Waals surface area contributed by atoms with Crippen molar-refractivity contribution in [3.63, 3.8) is 0 Å². The van der Waals surface area contributed by atoms with Gasteiger partial charge in [-0.3, -0.25) is 14.2 Å². The molecule has 1 saturated carbocycles. The second-order valence-corrected chi connectivity index (χ2v) is 9.61. The Labute approximate surface area is 197 Å². The molecule has 0 spiro atoms. The SMILES string of the molecule is O=C(CSc1nc2ccccc2c(=O)[nH]1)N[C@H]1CC[C@H](n2c(=O)[nH]c3ccc(Cl)cc32)CC1. The van der Waals surface area contributed by atoms with Crippen LogP contribution in [0.25, 0.3) is 21.9 Å². The quantitative estimate of drug-likeness (QED) is 0.296. The minimum absolute atomic E-state index is 0.0578. The fraction of sp³-hybridized carbons (Fsp3) is 0.304. The van der Waals surface area contributed by atoms with Crippen molar-refractivity contribution in [3.8, 4) is 0 Å². The van der Waals surface area contributed by atoms with Crippen LogP contribution in [0.15, 0.2) is 57.2 Å². The van der Waals surface area contributed by atoms with Crippen LogP contribution in [-0.4, -0.2) is 37.2 Å². The topological polar surface area (TPSA) is 113 Å². The molecule has 33 heavy (non-hydrogen) atoms. The van der Waals surface area contributed by atoms with E-state index in [9.17, 15) is 14.4 Å². The lowest BCUT2D eigenvalue weighted by Gasteiger charge is -2.29. The average Bonchev–Trinajstić information content (AvgIpc) is 3.13. The van der Waals surface area contributed by atoms with Crippen LogP contribution in [0.5, 0.6) is 0 Å². The molecule has 0 saturated heterocycles. The standard InChI is InChI=1S/C23H22ClN5O3S/c24-13-5-10-18-19(11-13)29(23(32)27-18)15-8-6-14(7-9-15)25-20(30)12-33-22-26-17-4-2-1-3-16(17)21(31)28-22/h1-5,10-11,14-15H,6-9,12H2,(H,25,30)(H,27,32)(H,26,28,31)/t14-,15-. The zero-order valence-electron chi connectivity index (χ0n) is 17.6. The number of carbonyl (C=O) groups is 1. The molecular formula is C23H22ClN5O3S. The smallest absolute Gasteiger partial charge is 0.326 e. The number of benzene rings is 2. The Balaban J connectivity index is 1.18. The van der Waals surface area contributed by atoms with Crippen molar-refractivity contribution in [2.75, 3.05) is 5.75 Å². The van der Waals surface area contributed by atoms with Crippen molar-refractivity contribution < 1.29 is 4.79 Å². The van der Waals surface area contributed by atoms with Crippen molar-refractivity contribution in [2.45, 2.75) is 42.9 Å². The summed E-state index contributed by atoms with van der Waals surface area (Å²) >= 11 is 7.34. The number of H-pyrrole nitrogens is 2. The van der Waals surface area contributed by atoms with Gasteiger partial charge in [0.2, 0.25) is 5.91 Å². The molecule has 0 radical (unpaired) electrons. The third-order valence-electron chi connectivity index (χ3n) is 6.04. The number of fused-ring (bicyclic) bond motifs is 2. The number of hydrogen-bond acceptors (Lipinski definition) is 5. The first-order chi connectivity index (χ1) is 16.0. The molecule has 3 N–H and O–H groups in total. The molecular weight excluding hydrogens is 462 g/mol. The van der Waals surface area contributed by atoms with E-state index in [-0.39, 0.29) is 35.0 Å². The third-order valence-corrected chi connectivity index (χ3v) is 7.15. The molecule has 1 fully saturated rings. The second kappa shape index (κ2) is 9.07. The summed E-state index contributed by atoms with van der Waals surface area (Å²) in [6.45, 7) is 0. The van der Waals surface area contributed by atoms with Crippen LogP contribution >= 0.6 is 23.4 Å². The molecule has 10 heteroatoms. The lowest BCUT2D eigenvalue weighted by Crippen LogP contribution is -2.39. The fourth-order valence-electron chi connectivity index (χ4n) is 4.47. The number of thioether (sulfide) groups is 1. The lowest BCUT2D eigenvalue weighted by atomic mass is 9.91. The number of nitrogens with one attached hydrogen (secondary N) is 3. The number of aromatic amines is 2. The van der Waals surface area contributed by atoms with Crippen LogP contribution in [0.4, 0.5) is 0 Å². The maximum atomic E-state index is 12.5. The first-order valence-electron chi connectivity index (χ1n) is 10.8. The molecule has 4 aromatic rings. The van der Waals surface area contributed by atoms with Crippen molar-refractivity contribution in [1.82, 2.24) is 24.8 Å². The monoisotopic (exact) mass is 483 g/mol. The van der Waals surface area contributed by atoms with Crippen molar-refractivity contribution in [3.05, 3.63) is 68.3 Å². The number of amides is 1. The van der Waals surface area contributed by atoms with E-state index in [2.05, 4.69) is 20.3 Å². The van der Waals surface area contributed by atoms with E-state index in [4.69, 9.17) is 11.6 Å². The van der Waals surface area contributed by atoms with E-state index < -0.39 is 0 Å². The maximum Gasteiger partial charge on any atom is 0.326 e. The molecule has 2 aromatic carbocycles. The van der Waals surface area contributed by atoms with E-state index in [0.29, 0.717) is 21.1 Å². The van der Waals surface area contributed by atoms with E-state index in [1.54, 1.807) is 28.8 Å². The molecule has 0 unspecified atom stereocenters. The number of carbonyl (C=O) groups excluding carboxylic acids is 1. The molecule has 8 nitrogen and oxygen atoms in total.